The summed E-state index contributed by atoms with van der Waals surface area (Å²) >= 11 is 0. The minimum atomic E-state index is -0.264. The Hall–Kier alpha value is -2.03. The van der Waals surface area contributed by atoms with Crippen molar-refractivity contribution in [2.75, 3.05) is 7.11 Å². The molecule has 1 heterocycles. The van der Waals surface area contributed by atoms with Gasteiger partial charge in [-0.2, -0.15) is 0 Å². The Kier molecular flexibility index (Phi) is 3.05. The predicted octanol–water partition coefficient (Wildman–Crippen LogP) is 2.66. The van der Waals surface area contributed by atoms with Gasteiger partial charge in [0.2, 0.25) is 0 Å². The standard InChI is InChI=1S/C13H12O3/c1-15-13(14)8-10-7-12(16-9-10)11-5-3-2-4-6-11/h2-7,9H,8H2,1H3. The van der Waals surface area contributed by atoms with E-state index in [9.17, 15) is 4.79 Å². The zero-order valence-corrected chi connectivity index (χ0v) is 8.97. The molecule has 0 aliphatic carbocycles. The molecule has 0 spiro atoms. The minimum Gasteiger partial charge on any atom is -0.469 e. The van der Waals surface area contributed by atoms with Gasteiger partial charge in [0.25, 0.3) is 0 Å². The first-order valence-corrected chi connectivity index (χ1v) is 4.99. The van der Waals surface area contributed by atoms with Crippen molar-refractivity contribution in [2.24, 2.45) is 0 Å². The van der Waals surface area contributed by atoms with E-state index in [0.717, 1.165) is 16.9 Å². The van der Waals surface area contributed by atoms with E-state index < -0.39 is 0 Å². The summed E-state index contributed by atoms with van der Waals surface area (Å²) in [6.45, 7) is 0. The molecule has 1 aromatic heterocycles. The molecule has 16 heavy (non-hydrogen) atoms. The molecular formula is C13H12O3. The number of hydrogen-bond acceptors (Lipinski definition) is 3. The second-order valence-corrected chi connectivity index (χ2v) is 3.44. The maximum atomic E-state index is 11.1. The summed E-state index contributed by atoms with van der Waals surface area (Å²) in [4.78, 5) is 11.1. The Morgan fingerprint density at radius 1 is 1.31 bits per heavy atom. The smallest absolute Gasteiger partial charge is 0.310 e. The van der Waals surface area contributed by atoms with Crippen molar-refractivity contribution in [2.45, 2.75) is 6.42 Å². The van der Waals surface area contributed by atoms with Crippen LogP contribution >= 0.6 is 0 Å². The Morgan fingerprint density at radius 3 is 2.75 bits per heavy atom. The van der Waals surface area contributed by atoms with E-state index in [-0.39, 0.29) is 12.4 Å². The molecule has 0 unspecified atom stereocenters. The van der Waals surface area contributed by atoms with Crippen molar-refractivity contribution in [1.29, 1.82) is 0 Å². The first-order valence-electron chi connectivity index (χ1n) is 4.99. The number of ether oxygens (including phenoxy) is 1. The maximum Gasteiger partial charge on any atom is 0.310 e. The lowest BCUT2D eigenvalue weighted by Gasteiger charge is -1.94. The average Bonchev–Trinajstić information content (AvgIpc) is 2.78. The quantitative estimate of drug-likeness (QED) is 0.740. The van der Waals surface area contributed by atoms with Crippen LogP contribution in [0.15, 0.2) is 47.1 Å². The number of rotatable bonds is 3. The van der Waals surface area contributed by atoms with E-state index in [1.807, 2.05) is 36.4 Å². The van der Waals surface area contributed by atoms with Crippen molar-refractivity contribution < 1.29 is 13.9 Å². The van der Waals surface area contributed by atoms with Crippen LogP contribution in [-0.4, -0.2) is 13.1 Å². The van der Waals surface area contributed by atoms with Crippen LogP contribution in [0.4, 0.5) is 0 Å². The highest BCUT2D eigenvalue weighted by molar-refractivity contribution is 5.73. The highest BCUT2D eigenvalue weighted by atomic mass is 16.5. The van der Waals surface area contributed by atoms with Crippen molar-refractivity contribution in [3.63, 3.8) is 0 Å². The third-order valence-electron chi connectivity index (χ3n) is 2.29. The van der Waals surface area contributed by atoms with Gasteiger partial charge in [0.1, 0.15) is 5.76 Å². The van der Waals surface area contributed by atoms with Crippen LogP contribution in [0.5, 0.6) is 0 Å². The predicted molar refractivity (Wildman–Crippen MR) is 59.9 cm³/mol. The third-order valence-corrected chi connectivity index (χ3v) is 2.29. The van der Waals surface area contributed by atoms with Gasteiger partial charge in [-0.15, -0.1) is 0 Å². The highest BCUT2D eigenvalue weighted by Crippen LogP contribution is 2.21. The first-order chi connectivity index (χ1) is 7.79. The molecule has 0 saturated heterocycles. The van der Waals surface area contributed by atoms with Gasteiger partial charge < -0.3 is 9.15 Å². The normalized spacial score (nSPS) is 10.1. The number of benzene rings is 1. The molecule has 0 saturated carbocycles. The summed E-state index contributed by atoms with van der Waals surface area (Å²) in [5.41, 5.74) is 1.82. The molecule has 0 bridgehead atoms. The lowest BCUT2D eigenvalue weighted by atomic mass is 10.1. The molecule has 0 atom stereocenters. The number of hydrogen-bond donors (Lipinski definition) is 0. The van der Waals surface area contributed by atoms with Crippen LogP contribution in [0.25, 0.3) is 11.3 Å². The van der Waals surface area contributed by atoms with Crippen molar-refractivity contribution in [3.8, 4) is 11.3 Å². The molecule has 0 N–H and O–H groups in total. The van der Waals surface area contributed by atoms with Gasteiger partial charge in [0.15, 0.2) is 0 Å². The lowest BCUT2D eigenvalue weighted by Crippen LogP contribution is -2.03. The number of esters is 1. The van der Waals surface area contributed by atoms with E-state index in [0.29, 0.717) is 0 Å². The lowest BCUT2D eigenvalue weighted by molar-refractivity contribution is -0.139. The van der Waals surface area contributed by atoms with Crippen molar-refractivity contribution in [1.82, 2.24) is 0 Å². The fourth-order valence-corrected chi connectivity index (χ4v) is 1.46. The molecular weight excluding hydrogens is 204 g/mol. The topological polar surface area (TPSA) is 39.4 Å². The van der Waals surface area contributed by atoms with Gasteiger partial charge in [0.05, 0.1) is 19.8 Å². The second-order valence-electron chi connectivity index (χ2n) is 3.44. The average molecular weight is 216 g/mol. The van der Waals surface area contributed by atoms with Gasteiger partial charge >= 0.3 is 5.97 Å². The Balaban J connectivity index is 2.17. The number of methoxy groups -OCH3 is 1. The zero-order chi connectivity index (χ0) is 11.4. The molecule has 2 rings (SSSR count). The summed E-state index contributed by atoms with van der Waals surface area (Å²) in [7, 11) is 1.38. The van der Waals surface area contributed by atoms with Crippen LogP contribution < -0.4 is 0 Å². The molecule has 3 nitrogen and oxygen atoms in total. The van der Waals surface area contributed by atoms with Crippen LogP contribution in [0.1, 0.15) is 5.56 Å². The van der Waals surface area contributed by atoms with E-state index in [1.54, 1.807) is 6.26 Å². The largest absolute Gasteiger partial charge is 0.469 e. The fraction of sp³-hybridized carbons (Fsp3) is 0.154. The van der Waals surface area contributed by atoms with E-state index >= 15 is 0 Å². The summed E-state index contributed by atoms with van der Waals surface area (Å²) < 4.78 is 9.98. The molecule has 82 valence electrons. The molecule has 0 aliphatic heterocycles. The van der Waals surface area contributed by atoms with Gasteiger partial charge in [-0.1, -0.05) is 30.3 Å². The Bertz CT molecular complexity index is 471. The molecule has 1 aromatic carbocycles. The second kappa shape index (κ2) is 4.66. The van der Waals surface area contributed by atoms with Crippen molar-refractivity contribution >= 4 is 5.97 Å². The van der Waals surface area contributed by atoms with Gasteiger partial charge in [-0.25, -0.2) is 0 Å². The highest BCUT2D eigenvalue weighted by Gasteiger charge is 2.08. The first kappa shape index (κ1) is 10.5. The summed E-state index contributed by atoms with van der Waals surface area (Å²) in [6.07, 6.45) is 1.83. The monoisotopic (exact) mass is 216 g/mol. The third kappa shape index (κ3) is 2.31. The van der Waals surface area contributed by atoms with Gasteiger partial charge in [0, 0.05) is 11.1 Å². The fourth-order valence-electron chi connectivity index (χ4n) is 1.46. The van der Waals surface area contributed by atoms with Crippen LogP contribution in [-0.2, 0) is 16.0 Å². The summed E-state index contributed by atoms with van der Waals surface area (Å²) in [6, 6.07) is 11.6. The molecule has 0 aliphatic rings. The van der Waals surface area contributed by atoms with Crippen molar-refractivity contribution in [3.05, 3.63) is 48.2 Å². The molecule has 0 radical (unpaired) electrons. The Morgan fingerprint density at radius 2 is 2.06 bits per heavy atom. The molecule has 0 amide bonds. The maximum absolute atomic E-state index is 11.1. The van der Waals surface area contributed by atoms with Crippen LogP contribution in [0.3, 0.4) is 0 Å². The van der Waals surface area contributed by atoms with Gasteiger partial charge in [-0.05, 0) is 6.07 Å². The number of furan rings is 1. The summed E-state index contributed by atoms with van der Waals surface area (Å²) in [5.74, 6) is 0.500. The molecule has 3 heteroatoms. The molecule has 0 fully saturated rings. The minimum absolute atomic E-state index is 0.243. The van der Waals surface area contributed by atoms with E-state index in [2.05, 4.69) is 4.74 Å². The van der Waals surface area contributed by atoms with E-state index in [1.165, 1.54) is 7.11 Å². The SMILES string of the molecule is COC(=O)Cc1coc(-c2ccccc2)c1. The zero-order valence-electron chi connectivity index (χ0n) is 8.97. The number of carbonyl (C=O) groups excluding carboxylic acids is 1. The molecule has 2 aromatic rings. The van der Waals surface area contributed by atoms with Crippen LogP contribution in [0, 0.1) is 0 Å². The van der Waals surface area contributed by atoms with Crippen LogP contribution in [0.2, 0.25) is 0 Å². The van der Waals surface area contributed by atoms with Gasteiger partial charge in [-0.3, -0.25) is 4.79 Å². The Labute approximate surface area is 93.7 Å². The summed E-state index contributed by atoms with van der Waals surface area (Å²) in [5, 5.41) is 0. The van der Waals surface area contributed by atoms with E-state index in [4.69, 9.17) is 4.42 Å². The number of carbonyl (C=O) groups is 1.